The molecule has 0 saturated carbocycles. The number of hydrogen-bond donors (Lipinski definition) is 2. The monoisotopic (exact) mass is 345 g/mol. The number of hydrogen-bond acceptors (Lipinski definition) is 4. The summed E-state index contributed by atoms with van der Waals surface area (Å²) >= 11 is 3.51. The minimum Gasteiger partial charge on any atom is -0.493 e. The highest BCUT2D eigenvalue weighted by Crippen LogP contribution is 2.44. The lowest BCUT2D eigenvalue weighted by atomic mass is 9.91. The summed E-state index contributed by atoms with van der Waals surface area (Å²) in [7, 11) is 3.09. The van der Waals surface area contributed by atoms with Gasteiger partial charge >= 0.3 is 5.97 Å². The third-order valence-corrected chi connectivity index (χ3v) is 3.84. The zero-order valence-electron chi connectivity index (χ0n) is 12.1. The van der Waals surface area contributed by atoms with Gasteiger partial charge in [0.2, 0.25) is 0 Å². The molecule has 0 bridgehead atoms. The molecule has 0 heterocycles. The Morgan fingerprint density at radius 1 is 1.40 bits per heavy atom. The van der Waals surface area contributed by atoms with Crippen LogP contribution in [0.4, 0.5) is 0 Å². The first-order valence-electron chi connectivity index (χ1n) is 6.25. The number of methoxy groups -OCH3 is 2. The molecule has 0 aromatic heterocycles. The van der Waals surface area contributed by atoms with E-state index in [0.29, 0.717) is 11.5 Å². The maximum absolute atomic E-state index is 10.9. The van der Waals surface area contributed by atoms with Crippen LogP contribution in [-0.4, -0.2) is 25.3 Å². The predicted octanol–water partition coefficient (Wildman–Crippen LogP) is 3.06. The molecule has 3 N–H and O–H groups in total. The molecule has 1 rings (SSSR count). The van der Waals surface area contributed by atoms with E-state index in [0.717, 1.165) is 15.6 Å². The fourth-order valence-corrected chi connectivity index (χ4v) is 3.22. The fraction of sp³-hybridized carbons (Fsp3) is 0.500. The molecule has 1 unspecified atom stereocenters. The predicted molar refractivity (Wildman–Crippen MR) is 80.5 cm³/mol. The molecule has 0 fully saturated rings. The Hall–Kier alpha value is -1.27. The minimum atomic E-state index is -0.932. The van der Waals surface area contributed by atoms with Gasteiger partial charge in [0.1, 0.15) is 0 Å². The molecule has 0 saturated heterocycles. The van der Waals surface area contributed by atoms with Gasteiger partial charge in [-0.15, -0.1) is 0 Å². The molecule has 0 aliphatic heterocycles. The van der Waals surface area contributed by atoms with Gasteiger partial charge < -0.3 is 20.3 Å². The van der Waals surface area contributed by atoms with Crippen molar-refractivity contribution in [1.29, 1.82) is 0 Å². The van der Waals surface area contributed by atoms with Crippen LogP contribution in [-0.2, 0) is 4.79 Å². The first-order chi connectivity index (χ1) is 9.33. The van der Waals surface area contributed by atoms with Gasteiger partial charge in [-0.3, -0.25) is 4.79 Å². The summed E-state index contributed by atoms with van der Waals surface area (Å²) in [5.74, 6) is 0.347. The number of benzene rings is 1. The number of rotatable bonds is 6. The quantitative estimate of drug-likeness (QED) is 0.827. The van der Waals surface area contributed by atoms with Gasteiger partial charge in [-0.2, -0.15) is 0 Å². The van der Waals surface area contributed by atoms with Crippen molar-refractivity contribution in [3.8, 4) is 11.5 Å². The Balaban J connectivity index is 3.48. The van der Waals surface area contributed by atoms with Crippen molar-refractivity contribution in [2.75, 3.05) is 14.2 Å². The summed E-state index contributed by atoms with van der Waals surface area (Å²) < 4.78 is 11.4. The maximum atomic E-state index is 10.9. The summed E-state index contributed by atoms with van der Waals surface area (Å²) in [6, 6.07) is 1.16. The third-order valence-electron chi connectivity index (χ3n) is 3.05. The van der Waals surface area contributed by atoms with Gasteiger partial charge in [0, 0.05) is 6.04 Å². The van der Waals surface area contributed by atoms with Gasteiger partial charge in [0.25, 0.3) is 0 Å². The third kappa shape index (κ3) is 3.43. The molecule has 20 heavy (non-hydrogen) atoms. The van der Waals surface area contributed by atoms with E-state index in [2.05, 4.69) is 15.9 Å². The first kappa shape index (κ1) is 16.8. The highest BCUT2D eigenvalue weighted by Gasteiger charge is 2.24. The molecule has 0 spiro atoms. The largest absolute Gasteiger partial charge is 0.493 e. The SMILES string of the molecule is COc1cc(C(N)CC(=O)O)c(C(C)C)c(Br)c1OC. The molecule has 0 aliphatic carbocycles. The Kier molecular flexibility index (Phi) is 5.83. The van der Waals surface area contributed by atoms with Crippen LogP contribution in [0.2, 0.25) is 0 Å². The molecule has 6 heteroatoms. The number of carbonyl (C=O) groups is 1. The van der Waals surface area contributed by atoms with Crippen LogP contribution < -0.4 is 15.2 Å². The van der Waals surface area contributed by atoms with Gasteiger partial charge in [-0.1, -0.05) is 13.8 Å². The molecule has 0 amide bonds. The van der Waals surface area contributed by atoms with Crippen molar-refractivity contribution in [3.05, 3.63) is 21.7 Å². The molecule has 5 nitrogen and oxygen atoms in total. The van der Waals surface area contributed by atoms with Crippen LogP contribution in [0.3, 0.4) is 0 Å². The second-order valence-electron chi connectivity index (χ2n) is 4.79. The van der Waals surface area contributed by atoms with E-state index in [1.807, 2.05) is 13.8 Å². The lowest BCUT2D eigenvalue weighted by Crippen LogP contribution is -2.18. The van der Waals surface area contributed by atoms with Gasteiger partial charge in [0.15, 0.2) is 11.5 Å². The molecule has 0 aliphatic rings. The molecule has 1 aromatic rings. The average molecular weight is 346 g/mol. The van der Waals surface area contributed by atoms with Crippen LogP contribution >= 0.6 is 15.9 Å². The molecule has 112 valence electrons. The average Bonchev–Trinajstić information content (AvgIpc) is 2.35. The van der Waals surface area contributed by atoms with E-state index in [9.17, 15) is 4.79 Å². The smallest absolute Gasteiger partial charge is 0.305 e. The fourth-order valence-electron chi connectivity index (χ4n) is 2.18. The Morgan fingerprint density at radius 2 is 2.00 bits per heavy atom. The highest BCUT2D eigenvalue weighted by atomic mass is 79.9. The van der Waals surface area contributed by atoms with E-state index in [1.165, 1.54) is 7.11 Å². The van der Waals surface area contributed by atoms with Crippen molar-refractivity contribution < 1.29 is 19.4 Å². The highest BCUT2D eigenvalue weighted by molar-refractivity contribution is 9.10. The lowest BCUT2D eigenvalue weighted by molar-refractivity contribution is -0.137. The number of halogens is 1. The molecule has 1 aromatic carbocycles. The van der Waals surface area contributed by atoms with E-state index < -0.39 is 12.0 Å². The summed E-state index contributed by atoms with van der Waals surface area (Å²) in [6.07, 6.45) is -0.137. The van der Waals surface area contributed by atoms with Crippen LogP contribution in [0.1, 0.15) is 43.4 Å². The molecule has 1 atom stereocenters. The summed E-state index contributed by atoms with van der Waals surface area (Å²) in [6.45, 7) is 4.03. The summed E-state index contributed by atoms with van der Waals surface area (Å²) in [5, 5.41) is 8.92. The molecular formula is C14H20BrNO4. The number of carboxylic acids is 1. The van der Waals surface area contributed by atoms with Crippen LogP contribution in [0, 0.1) is 0 Å². The van der Waals surface area contributed by atoms with Crippen molar-refractivity contribution >= 4 is 21.9 Å². The first-order valence-corrected chi connectivity index (χ1v) is 7.04. The van der Waals surface area contributed by atoms with Gasteiger partial charge in [0.05, 0.1) is 25.1 Å². The van der Waals surface area contributed by atoms with Crippen molar-refractivity contribution in [1.82, 2.24) is 0 Å². The number of nitrogens with two attached hydrogens (primary N) is 1. The van der Waals surface area contributed by atoms with Crippen LogP contribution in [0.25, 0.3) is 0 Å². The number of carboxylic acid groups (broad SMARTS) is 1. The van der Waals surface area contributed by atoms with E-state index in [1.54, 1.807) is 13.2 Å². The molecule has 0 radical (unpaired) electrons. The Morgan fingerprint density at radius 3 is 2.40 bits per heavy atom. The summed E-state index contributed by atoms with van der Waals surface area (Å²) in [4.78, 5) is 10.9. The zero-order valence-corrected chi connectivity index (χ0v) is 13.7. The van der Waals surface area contributed by atoms with E-state index in [-0.39, 0.29) is 12.3 Å². The second kappa shape index (κ2) is 6.95. The second-order valence-corrected chi connectivity index (χ2v) is 5.58. The zero-order chi connectivity index (χ0) is 15.4. The summed E-state index contributed by atoms with van der Waals surface area (Å²) in [5.41, 5.74) is 7.72. The van der Waals surface area contributed by atoms with Crippen molar-refractivity contribution in [2.24, 2.45) is 5.73 Å². The number of aliphatic carboxylic acids is 1. The van der Waals surface area contributed by atoms with Crippen molar-refractivity contribution in [2.45, 2.75) is 32.2 Å². The van der Waals surface area contributed by atoms with E-state index >= 15 is 0 Å². The number of ether oxygens (including phenoxy) is 2. The maximum Gasteiger partial charge on any atom is 0.305 e. The Bertz CT molecular complexity index is 502. The Labute approximate surface area is 127 Å². The topological polar surface area (TPSA) is 81.8 Å². The minimum absolute atomic E-state index is 0.137. The molecular weight excluding hydrogens is 326 g/mol. The van der Waals surface area contributed by atoms with E-state index in [4.69, 9.17) is 20.3 Å². The van der Waals surface area contributed by atoms with Crippen molar-refractivity contribution in [3.63, 3.8) is 0 Å². The van der Waals surface area contributed by atoms with Crippen LogP contribution in [0.15, 0.2) is 10.5 Å². The normalized spacial score (nSPS) is 12.3. The van der Waals surface area contributed by atoms with Gasteiger partial charge in [-0.05, 0) is 39.0 Å². The standard InChI is InChI=1S/C14H20BrNO4/c1-7(2)12-8(9(16)6-11(17)18)5-10(19-3)14(20-4)13(12)15/h5,7,9H,6,16H2,1-4H3,(H,17,18). The van der Waals surface area contributed by atoms with Gasteiger partial charge in [-0.25, -0.2) is 0 Å². The lowest BCUT2D eigenvalue weighted by Gasteiger charge is -2.22. The van der Waals surface area contributed by atoms with Crippen LogP contribution in [0.5, 0.6) is 11.5 Å².